The Morgan fingerprint density at radius 3 is 1.67 bits per heavy atom. The highest BCUT2D eigenvalue weighted by atomic mass is 16.5. The zero-order chi connectivity index (χ0) is 50.1. The second-order valence-corrected chi connectivity index (χ2v) is 17.7. The minimum absolute atomic E-state index is 0.152. The SMILES string of the molecule is COc1ccc(C2=CN3C(=O)c4cc(OC)c(OCCCCCOc5cc6c(cc5OC)C(=O)N5C=C(c7ccc(C=NNC(=O)CCCCCN8C(=O)C=CC8=O)cc7)C[C@H]5C=N6)cc4N=C[C@@H]3C2)cc1. The van der Waals surface area contributed by atoms with Crippen molar-refractivity contribution in [1.82, 2.24) is 20.1 Å². The smallest absolute Gasteiger partial charge is 0.260 e. The average Bonchev–Trinajstić information content (AvgIpc) is 4.08. The van der Waals surface area contributed by atoms with E-state index in [0.29, 0.717) is 97.4 Å². The first-order valence-corrected chi connectivity index (χ1v) is 24.1. The van der Waals surface area contributed by atoms with Gasteiger partial charge in [0.05, 0.1) is 75.3 Å². The van der Waals surface area contributed by atoms with Gasteiger partial charge in [0.25, 0.3) is 23.6 Å². The van der Waals surface area contributed by atoms with E-state index >= 15 is 0 Å². The average molecular weight is 974 g/mol. The fourth-order valence-electron chi connectivity index (χ4n) is 9.09. The Bertz CT molecular complexity index is 2920. The van der Waals surface area contributed by atoms with Crippen molar-refractivity contribution in [3.63, 3.8) is 0 Å². The number of hydrazone groups is 1. The van der Waals surface area contributed by atoms with Gasteiger partial charge in [0, 0.05) is 74.9 Å². The zero-order valence-electron chi connectivity index (χ0n) is 40.4. The molecule has 0 aromatic heterocycles. The Kier molecular flexibility index (Phi) is 15.0. The largest absolute Gasteiger partial charge is 0.497 e. The molecule has 2 atom stereocenters. The standard InChI is InChI=1S/C55H55N7O10/c1-68-42-17-15-37(16-18-42)39-25-41-32-57-46-29-50(48(70-3)27-44(46)55(67)62(41)34-39)72-23-9-5-8-22-71-49-28-45-43(26-47(49)69-2)54(66)61-33-38(24-40(61)31-56-45)36-13-11-35(12-14-36)30-58-59-51(63)10-6-4-7-21-60-52(64)19-20-53(60)65/h11-20,26-34,40-41H,4-10,21-25H2,1-3H3,(H,59,63)/t40-,41-/m0/s1. The van der Waals surface area contributed by atoms with E-state index in [0.717, 1.165) is 52.8 Å². The summed E-state index contributed by atoms with van der Waals surface area (Å²) in [6.07, 6.45) is 17.2. The van der Waals surface area contributed by atoms with Gasteiger partial charge in [0.1, 0.15) is 5.75 Å². The summed E-state index contributed by atoms with van der Waals surface area (Å²) in [5.74, 6) is 1.52. The van der Waals surface area contributed by atoms with E-state index in [1.165, 1.54) is 17.1 Å². The van der Waals surface area contributed by atoms with Crippen molar-refractivity contribution >= 4 is 70.7 Å². The fraction of sp³-hybridized carbons (Fsp3) is 0.309. The molecule has 17 nitrogen and oxygen atoms in total. The van der Waals surface area contributed by atoms with E-state index < -0.39 is 0 Å². The molecule has 0 saturated heterocycles. The third-order valence-electron chi connectivity index (χ3n) is 13.1. The molecule has 5 amide bonds. The summed E-state index contributed by atoms with van der Waals surface area (Å²) in [4.78, 5) is 77.4. The first-order chi connectivity index (χ1) is 35.1. The highest BCUT2D eigenvalue weighted by Gasteiger charge is 2.35. The van der Waals surface area contributed by atoms with Crippen LogP contribution in [-0.4, -0.2) is 116 Å². The first-order valence-electron chi connectivity index (χ1n) is 24.1. The number of carbonyl (C=O) groups excluding carboxylic acids is 5. The van der Waals surface area contributed by atoms with Crippen LogP contribution < -0.4 is 29.1 Å². The Morgan fingerprint density at radius 1 is 0.639 bits per heavy atom. The molecule has 5 aliphatic heterocycles. The lowest BCUT2D eigenvalue weighted by Gasteiger charge is -2.19. The number of hydrogen-bond donors (Lipinski definition) is 1. The number of aliphatic imine (C=N–C) groups is 2. The van der Waals surface area contributed by atoms with Gasteiger partial charge in [0.15, 0.2) is 23.0 Å². The van der Waals surface area contributed by atoms with Crippen molar-refractivity contribution in [3.8, 4) is 28.7 Å². The lowest BCUT2D eigenvalue weighted by molar-refractivity contribution is -0.137. The highest BCUT2D eigenvalue weighted by Crippen LogP contribution is 2.42. The van der Waals surface area contributed by atoms with Crippen molar-refractivity contribution in [2.75, 3.05) is 41.1 Å². The van der Waals surface area contributed by atoms with Crippen LogP contribution in [0.2, 0.25) is 0 Å². The van der Waals surface area contributed by atoms with Crippen LogP contribution in [0.1, 0.15) is 95.2 Å². The zero-order valence-corrected chi connectivity index (χ0v) is 40.4. The van der Waals surface area contributed by atoms with Crippen LogP contribution in [0.15, 0.2) is 112 Å². The number of ether oxygens (including phenoxy) is 5. The molecule has 0 aliphatic carbocycles. The number of benzene rings is 4. The highest BCUT2D eigenvalue weighted by molar-refractivity contribution is 6.13. The molecule has 1 N–H and O–H groups in total. The van der Waals surface area contributed by atoms with Gasteiger partial charge >= 0.3 is 0 Å². The van der Waals surface area contributed by atoms with E-state index in [4.69, 9.17) is 33.7 Å². The predicted molar refractivity (Wildman–Crippen MR) is 272 cm³/mol. The molecule has 4 aromatic carbocycles. The number of rotatable bonds is 21. The second kappa shape index (κ2) is 22.2. The van der Waals surface area contributed by atoms with E-state index in [1.807, 2.05) is 67.1 Å². The predicted octanol–water partition coefficient (Wildman–Crippen LogP) is 8.22. The van der Waals surface area contributed by atoms with Gasteiger partial charge < -0.3 is 33.5 Å². The molecule has 5 aliphatic rings. The molecule has 5 heterocycles. The lowest BCUT2D eigenvalue weighted by atomic mass is 10.0. The molecular weight excluding hydrogens is 919 g/mol. The summed E-state index contributed by atoms with van der Waals surface area (Å²) >= 11 is 0. The summed E-state index contributed by atoms with van der Waals surface area (Å²) in [6, 6.07) is 21.9. The summed E-state index contributed by atoms with van der Waals surface area (Å²) in [6.45, 7) is 1.17. The molecule has 0 spiro atoms. The Hall–Kier alpha value is -8.34. The number of nitrogens with zero attached hydrogens (tertiary/aromatic N) is 6. The van der Waals surface area contributed by atoms with Crippen molar-refractivity contribution in [2.45, 2.75) is 69.9 Å². The van der Waals surface area contributed by atoms with Gasteiger partial charge in [0.2, 0.25) is 5.91 Å². The van der Waals surface area contributed by atoms with Crippen LogP contribution in [0, 0.1) is 0 Å². The molecule has 370 valence electrons. The Labute approximate surface area is 417 Å². The molecule has 0 saturated carbocycles. The maximum atomic E-state index is 14.0. The van der Waals surface area contributed by atoms with Crippen molar-refractivity contribution in [1.29, 1.82) is 0 Å². The molecule has 72 heavy (non-hydrogen) atoms. The number of fused-ring (bicyclic) bond motifs is 4. The summed E-state index contributed by atoms with van der Waals surface area (Å²) in [5.41, 5.74) is 9.24. The van der Waals surface area contributed by atoms with E-state index in [1.54, 1.807) is 67.8 Å². The summed E-state index contributed by atoms with van der Waals surface area (Å²) in [5, 5.41) is 4.09. The molecule has 0 unspecified atom stereocenters. The number of nitrogens with one attached hydrogen (secondary N) is 1. The maximum Gasteiger partial charge on any atom is 0.260 e. The van der Waals surface area contributed by atoms with Crippen molar-refractivity contribution in [3.05, 3.63) is 125 Å². The summed E-state index contributed by atoms with van der Waals surface area (Å²) in [7, 11) is 4.73. The monoisotopic (exact) mass is 973 g/mol. The van der Waals surface area contributed by atoms with E-state index in [-0.39, 0.29) is 48.0 Å². The minimum Gasteiger partial charge on any atom is -0.497 e. The van der Waals surface area contributed by atoms with E-state index in [2.05, 4.69) is 10.5 Å². The lowest BCUT2D eigenvalue weighted by Crippen LogP contribution is -2.32. The van der Waals surface area contributed by atoms with Crippen molar-refractivity contribution in [2.24, 2.45) is 15.1 Å². The van der Waals surface area contributed by atoms with Gasteiger partial charge in [-0.2, -0.15) is 5.10 Å². The van der Waals surface area contributed by atoms with Crippen LogP contribution in [0.5, 0.6) is 28.7 Å². The first kappa shape index (κ1) is 48.7. The second-order valence-electron chi connectivity index (χ2n) is 17.7. The maximum absolute atomic E-state index is 14.0. The molecule has 9 rings (SSSR count). The van der Waals surface area contributed by atoms with Crippen molar-refractivity contribution < 1.29 is 47.7 Å². The quantitative estimate of drug-likeness (QED) is 0.0369. The van der Waals surface area contributed by atoms with Gasteiger partial charge in [-0.15, -0.1) is 0 Å². The van der Waals surface area contributed by atoms with Crippen LogP contribution in [0.25, 0.3) is 11.1 Å². The number of imide groups is 1. The fourth-order valence-corrected chi connectivity index (χ4v) is 9.09. The third-order valence-corrected chi connectivity index (χ3v) is 13.1. The number of carbonyl (C=O) groups is 5. The number of methoxy groups -OCH3 is 3. The van der Waals surface area contributed by atoms with Gasteiger partial charge in [-0.25, -0.2) is 5.43 Å². The Morgan fingerprint density at radius 2 is 1.15 bits per heavy atom. The van der Waals surface area contributed by atoms with E-state index in [9.17, 15) is 24.0 Å². The molecule has 17 heteroatoms. The van der Waals surface area contributed by atoms with Gasteiger partial charge in [-0.3, -0.25) is 38.9 Å². The molecule has 0 radical (unpaired) electrons. The molecular formula is C55H55N7O10. The van der Waals surface area contributed by atoms with Crippen LogP contribution in [0.3, 0.4) is 0 Å². The minimum atomic E-state index is -0.298. The summed E-state index contributed by atoms with van der Waals surface area (Å²) < 4.78 is 29.0. The molecule has 4 aromatic rings. The normalized spacial score (nSPS) is 17.6. The third kappa shape index (κ3) is 10.8. The number of hydrogen-bond acceptors (Lipinski definition) is 13. The van der Waals surface area contributed by atoms with Crippen LogP contribution >= 0.6 is 0 Å². The number of amides is 5. The Balaban J connectivity index is 0.721. The van der Waals surface area contributed by atoms with Gasteiger partial charge in [-0.1, -0.05) is 42.8 Å². The van der Waals surface area contributed by atoms with Crippen LogP contribution in [-0.2, 0) is 14.4 Å². The molecule has 0 fully saturated rings. The molecule has 0 bridgehead atoms. The number of unbranched alkanes of at least 4 members (excludes halogenated alkanes) is 4. The topological polar surface area (TPSA) is 190 Å². The van der Waals surface area contributed by atoms with Crippen LogP contribution in [0.4, 0.5) is 11.4 Å². The van der Waals surface area contributed by atoms with Gasteiger partial charge in [-0.05, 0) is 84.2 Å².